The average Bonchev–Trinajstić information content (AvgIpc) is 3.03. The standard InChI is InChI=1S/C10H6N8O2/c19-9-5-1-16-18(7(5)11-2-13-9)17-4-15-6-8(17)12-3-14-10(6)20/h1-4H,(H,11,13,19)(H,12,14,20). The van der Waals surface area contributed by atoms with Crippen molar-refractivity contribution in [2.24, 2.45) is 0 Å². The maximum absolute atomic E-state index is 11.6. The summed E-state index contributed by atoms with van der Waals surface area (Å²) < 4.78 is 1.48. The summed E-state index contributed by atoms with van der Waals surface area (Å²) in [6, 6.07) is 0. The smallest absolute Gasteiger partial charge is 0.300 e. The fourth-order valence-corrected chi connectivity index (χ4v) is 1.99. The molecule has 0 aliphatic rings. The molecule has 98 valence electrons. The Morgan fingerprint density at radius 1 is 1.05 bits per heavy atom. The number of hydrogen-bond donors (Lipinski definition) is 2. The van der Waals surface area contributed by atoms with Crippen molar-refractivity contribution in [3.8, 4) is 0 Å². The van der Waals surface area contributed by atoms with Crippen molar-refractivity contribution in [3.05, 3.63) is 45.9 Å². The third-order valence-electron chi connectivity index (χ3n) is 2.89. The molecule has 0 spiro atoms. The van der Waals surface area contributed by atoms with Gasteiger partial charge in [-0.3, -0.25) is 9.59 Å². The highest BCUT2D eigenvalue weighted by Crippen LogP contribution is 2.09. The Morgan fingerprint density at radius 3 is 2.80 bits per heavy atom. The monoisotopic (exact) mass is 270 g/mol. The third kappa shape index (κ3) is 1.27. The highest BCUT2D eigenvalue weighted by atomic mass is 16.1. The Morgan fingerprint density at radius 2 is 1.90 bits per heavy atom. The van der Waals surface area contributed by atoms with Crippen molar-refractivity contribution >= 4 is 22.2 Å². The first-order valence-electron chi connectivity index (χ1n) is 5.58. The molecule has 4 rings (SSSR count). The van der Waals surface area contributed by atoms with Crippen LogP contribution in [0.25, 0.3) is 22.2 Å². The van der Waals surface area contributed by atoms with Crippen LogP contribution in [0.2, 0.25) is 0 Å². The summed E-state index contributed by atoms with van der Waals surface area (Å²) in [4.78, 5) is 41.5. The van der Waals surface area contributed by atoms with E-state index in [1.165, 1.54) is 34.6 Å². The molecule has 4 heterocycles. The van der Waals surface area contributed by atoms with Gasteiger partial charge in [-0.25, -0.2) is 14.6 Å². The first-order valence-corrected chi connectivity index (χ1v) is 5.58. The Labute approximate surface area is 108 Å². The van der Waals surface area contributed by atoms with Crippen molar-refractivity contribution in [2.75, 3.05) is 0 Å². The van der Waals surface area contributed by atoms with Crippen LogP contribution < -0.4 is 11.1 Å². The predicted octanol–water partition coefficient (Wildman–Crippen LogP) is -1.14. The molecule has 0 radical (unpaired) electrons. The van der Waals surface area contributed by atoms with Crippen LogP contribution >= 0.6 is 0 Å². The predicted molar refractivity (Wildman–Crippen MR) is 67.1 cm³/mol. The van der Waals surface area contributed by atoms with Gasteiger partial charge in [-0.05, 0) is 0 Å². The third-order valence-corrected chi connectivity index (χ3v) is 2.89. The van der Waals surface area contributed by atoms with Gasteiger partial charge in [0.1, 0.15) is 11.7 Å². The van der Waals surface area contributed by atoms with Gasteiger partial charge in [0.2, 0.25) is 0 Å². The zero-order valence-corrected chi connectivity index (χ0v) is 9.81. The molecular formula is C10H6N8O2. The summed E-state index contributed by atoms with van der Waals surface area (Å²) >= 11 is 0. The van der Waals surface area contributed by atoms with Crippen LogP contribution in [0.4, 0.5) is 0 Å². The molecule has 10 heteroatoms. The number of rotatable bonds is 1. The van der Waals surface area contributed by atoms with Crippen LogP contribution in [0, 0.1) is 0 Å². The fraction of sp³-hybridized carbons (Fsp3) is 0. The van der Waals surface area contributed by atoms with Crippen LogP contribution in [0.1, 0.15) is 0 Å². The summed E-state index contributed by atoms with van der Waals surface area (Å²) in [5, 5.41) is 4.43. The van der Waals surface area contributed by atoms with Crippen molar-refractivity contribution in [3.63, 3.8) is 0 Å². The van der Waals surface area contributed by atoms with Gasteiger partial charge in [-0.2, -0.15) is 10.1 Å². The Balaban J connectivity index is 2.12. The van der Waals surface area contributed by atoms with Crippen molar-refractivity contribution in [2.45, 2.75) is 0 Å². The maximum Gasteiger partial charge on any atom is 0.300 e. The van der Waals surface area contributed by atoms with Crippen LogP contribution in [-0.4, -0.2) is 39.5 Å². The largest absolute Gasteiger partial charge is 0.329 e. The molecule has 0 amide bonds. The van der Waals surface area contributed by atoms with Crippen molar-refractivity contribution < 1.29 is 0 Å². The molecule has 0 unspecified atom stereocenters. The molecule has 4 aromatic rings. The van der Waals surface area contributed by atoms with Gasteiger partial charge in [-0.1, -0.05) is 0 Å². The fourth-order valence-electron chi connectivity index (χ4n) is 1.99. The highest BCUT2D eigenvalue weighted by molar-refractivity contribution is 5.74. The van der Waals surface area contributed by atoms with Crippen molar-refractivity contribution in [1.82, 2.24) is 39.5 Å². The maximum atomic E-state index is 11.6. The second-order valence-corrected chi connectivity index (χ2v) is 4.00. The van der Waals surface area contributed by atoms with Gasteiger partial charge in [0.15, 0.2) is 16.8 Å². The number of aromatic amines is 2. The molecule has 4 aromatic heterocycles. The number of nitrogens with zero attached hydrogens (tertiary/aromatic N) is 6. The molecule has 0 aromatic carbocycles. The quantitative estimate of drug-likeness (QED) is 0.450. The van der Waals surface area contributed by atoms with Crippen LogP contribution in [0.3, 0.4) is 0 Å². The number of fused-ring (bicyclic) bond motifs is 2. The van der Waals surface area contributed by atoms with Gasteiger partial charge in [0.25, 0.3) is 5.56 Å². The molecule has 0 saturated heterocycles. The molecule has 0 fully saturated rings. The molecule has 0 saturated carbocycles. The molecule has 0 atom stereocenters. The minimum atomic E-state index is -0.445. The number of hydrogen-bond acceptors (Lipinski definition) is 6. The summed E-state index contributed by atoms with van der Waals surface area (Å²) in [6.45, 7) is 0. The Hall–Kier alpha value is -3.30. The molecule has 0 aliphatic carbocycles. The van der Waals surface area contributed by atoms with E-state index in [4.69, 9.17) is 0 Å². The lowest BCUT2D eigenvalue weighted by molar-refractivity contribution is 0.602. The zero-order chi connectivity index (χ0) is 13.7. The second-order valence-electron chi connectivity index (χ2n) is 4.00. The van der Waals surface area contributed by atoms with E-state index in [9.17, 15) is 9.59 Å². The highest BCUT2D eigenvalue weighted by Gasteiger charge is 2.13. The molecule has 20 heavy (non-hydrogen) atoms. The minimum absolute atomic E-state index is 0.181. The van der Waals surface area contributed by atoms with E-state index in [0.29, 0.717) is 16.7 Å². The number of H-pyrrole nitrogens is 2. The van der Waals surface area contributed by atoms with Gasteiger partial charge in [0, 0.05) is 0 Å². The van der Waals surface area contributed by atoms with Gasteiger partial charge in [0.05, 0.1) is 18.9 Å². The number of nitrogens with one attached hydrogen (secondary N) is 2. The minimum Gasteiger partial charge on any atom is -0.329 e. The Bertz CT molecular complexity index is 966. The molecular weight excluding hydrogens is 264 g/mol. The summed E-state index contributed by atoms with van der Waals surface area (Å²) in [5.74, 6) is 0. The first-order chi connectivity index (χ1) is 9.75. The van der Waals surface area contributed by atoms with E-state index in [-0.39, 0.29) is 11.1 Å². The summed E-state index contributed by atoms with van der Waals surface area (Å²) in [6.07, 6.45) is 5.35. The lowest BCUT2D eigenvalue weighted by Gasteiger charge is -2.03. The normalized spacial score (nSPS) is 11.4. The molecule has 0 aliphatic heterocycles. The van der Waals surface area contributed by atoms with E-state index in [2.05, 4.69) is 30.0 Å². The number of aromatic nitrogens is 8. The van der Waals surface area contributed by atoms with E-state index >= 15 is 0 Å². The van der Waals surface area contributed by atoms with Gasteiger partial charge < -0.3 is 9.97 Å². The Kier molecular flexibility index (Phi) is 1.91. The zero-order valence-electron chi connectivity index (χ0n) is 9.81. The van der Waals surface area contributed by atoms with E-state index in [1.54, 1.807) is 0 Å². The molecule has 2 N–H and O–H groups in total. The van der Waals surface area contributed by atoms with Crippen molar-refractivity contribution in [1.29, 1.82) is 0 Å². The van der Waals surface area contributed by atoms with Crippen LogP contribution in [0.5, 0.6) is 0 Å². The number of imidazole rings is 1. The van der Waals surface area contributed by atoms with E-state index in [0.717, 1.165) is 0 Å². The van der Waals surface area contributed by atoms with E-state index < -0.39 is 5.56 Å². The topological polar surface area (TPSA) is 127 Å². The lowest BCUT2D eigenvalue weighted by atomic mass is 10.4. The summed E-state index contributed by atoms with van der Waals surface area (Å²) in [5.41, 5.74) is 0.212. The van der Waals surface area contributed by atoms with Gasteiger partial charge >= 0.3 is 5.56 Å². The lowest BCUT2D eigenvalue weighted by Crippen LogP contribution is -2.14. The molecule has 0 bridgehead atoms. The summed E-state index contributed by atoms with van der Waals surface area (Å²) in [7, 11) is 0. The van der Waals surface area contributed by atoms with Crippen LogP contribution in [-0.2, 0) is 0 Å². The average molecular weight is 270 g/mol. The van der Waals surface area contributed by atoms with Crippen LogP contribution in [0.15, 0.2) is 34.8 Å². The SMILES string of the molecule is O=c1[nH]cnc2c1cnn2-n1cnc2c(=O)nc[nH]c21. The van der Waals surface area contributed by atoms with E-state index in [1.807, 2.05) is 0 Å². The van der Waals surface area contributed by atoms with Gasteiger partial charge in [-0.15, -0.1) is 4.79 Å². The second kappa shape index (κ2) is 3.60. The first kappa shape index (κ1) is 10.6. The molecule has 10 nitrogen and oxygen atoms in total.